The second-order valence-electron chi connectivity index (χ2n) is 4.51. The molecular formula is C15H10Cl2N4O2. The summed E-state index contributed by atoms with van der Waals surface area (Å²) in [6, 6.07) is 10.1. The van der Waals surface area contributed by atoms with Crippen molar-refractivity contribution in [3.63, 3.8) is 0 Å². The zero-order valence-corrected chi connectivity index (χ0v) is 13.1. The monoisotopic (exact) mass is 348 g/mol. The molecule has 2 aromatic heterocycles. The third kappa shape index (κ3) is 3.61. The molecule has 0 aliphatic rings. The summed E-state index contributed by atoms with van der Waals surface area (Å²) in [4.78, 5) is 12.0. The maximum Gasteiger partial charge on any atom is 0.289 e. The molecule has 0 aliphatic heterocycles. The predicted octanol–water partition coefficient (Wildman–Crippen LogP) is 3.74. The second kappa shape index (κ2) is 6.68. The van der Waals surface area contributed by atoms with E-state index < -0.39 is 5.91 Å². The molecule has 0 saturated heterocycles. The first-order valence-electron chi connectivity index (χ1n) is 6.51. The molecule has 1 amide bonds. The summed E-state index contributed by atoms with van der Waals surface area (Å²) in [6.45, 7) is 0. The zero-order valence-electron chi connectivity index (χ0n) is 11.6. The number of nitrogens with zero attached hydrogens (tertiary/aromatic N) is 2. The number of hydrogen-bond donors (Lipinski definition) is 2. The van der Waals surface area contributed by atoms with Crippen molar-refractivity contribution >= 4 is 35.3 Å². The van der Waals surface area contributed by atoms with Crippen LogP contribution in [-0.4, -0.2) is 22.3 Å². The quantitative estimate of drug-likeness (QED) is 0.556. The van der Waals surface area contributed by atoms with Gasteiger partial charge in [-0.3, -0.25) is 9.89 Å². The molecule has 1 aromatic carbocycles. The van der Waals surface area contributed by atoms with Crippen molar-refractivity contribution < 1.29 is 9.21 Å². The lowest BCUT2D eigenvalue weighted by Crippen LogP contribution is -2.17. The van der Waals surface area contributed by atoms with Crippen molar-refractivity contribution in [3.05, 3.63) is 64.2 Å². The summed E-state index contributed by atoms with van der Waals surface area (Å²) < 4.78 is 5.06. The number of aromatic nitrogens is 2. The first-order valence-corrected chi connectivity index (χ1v) is 7.27. The Labute approximate surface area is 141 Å². The average molecular weight is 349 g/mol. The van der Waals surface area contributed by atoms with Crippen LogP contribution in [0.3, 0.4) is 0 Å². The molecule has 0 spiro atoms. The van der Waals surface area contributed by atoms with Crippen molar-refractivity contribution in [2.24, 2.45) is 5.10 Å². The molecule has 2 N–H and O–H groups in total. The first kappa shape index (κ1) is 15.3. The molecule has 0 atom stereocenters. The molecule has 116 valence electrons. The molecule has 0 aliphatic carbocycles. The van der Waals surface area contributed by atoms with E-state index in [0.29, 0.717) is 21.5 Å². The number of amides is 1. The lowest BCUT2D eigenvalue weighted by molar-refractivity contribution is 0.0950. The number of rotatable bonds is 4. The maximum atomic E-state index is 12.0. The van der Waals surface area contributed by atoms with Gasteiger partial charge >= 0.3 is 0 Å². The Morgan fingerprint density at radius 1 is 1.26 bits per heavy atom. The molecule has 3 aromatic rings. The van der Waals surface area contributed by atoms with Crippen molar-refractivity contribution in [3.8, 4) is 11.3 Å². The number of H-pyrrole nitrogens is 1. The highest BCUT2D eigenvalue weighted by molar-refractivity contribution is 6.42. The van der Waals surface area contributed by atoms with Crippen LogP contribution < -0.4 is 5.43 Å². The number of aromatic amines is 1. The van der Waals surface area contributed by atoms with Crippen LogP contribution in [0.4, 0.5) is 0 Å². The summed E-state index contributed by atoms with van der Waals surface area (Å²) in [6.07, 6.45) is 2.91. The van der Waals surface area contributed by atoms with Crippen molar-refractivity contribution in [1.29, 1.82) is 0 Å². The summed E-state index contributed by atoms with van der Waals surface area (Å²) in [7, 11) is 0. The highest BCUT2D eigenvalue weighted by Gasteiger charge is 2.11. The highest BCUT2D eigenvalue weighted by atomic mass is 35.5. The minimum absolute atomic E-state index is 0.266. The Hall–Kier alpha value is -2.57. The van der Waals surface area contributed by atoms with Gasteiger partial charge in [-0.1, -0.05) is 29.3 Å². The molecule has 3 rings (SSSR count). The molecule has 0 bridgehead atoms. The highest BCUT2D eigenvalue weighted by Crippen LogP contribution is 2.27. The van der Waals surface area contributed by atoms with Gasteiger partial charge in [0.05, 0.1) is 28.2 Å². The fourth-order valence-corrected chi connectivity index (χ4v) is 2.12. The van der Waals surface area contributed by atoms with Gasteiger partial charge in [-0.2, -0.15) is 10.2 Å². The summed E-state index contributed by atoms with van der Waals surface area (Å²) in [5, 5.41) is 11.4. The van der Waals surface area contributed by atoms with Crippen LogP contribution in [0.5, 0.6) is 0 Å². The number of hydrogen-bond acceptors (Lipinski definition) is 4. The van der Waals surface area contributed by atoms with Crippen LogP contribution in [0.2, 0.25) is 10.0 Å². The Morgan fingerprint density at radius 2 is 2.13 bits per heavy atom. The Morgan fingerprint density at radius 3 is 2.87 bits per heavy atom. The van der Waals surface area contributed by atoms with Crippen molar-refractivity contribution in [2.75, 3.05) is 0 Å². The van der Waals surface area contributed by atoms with Gasteiger partial charge in [0.15, 0.2) is 0 Å². The van der Waals surface area contributed by atoms with Gasteiger partial charge in [0.25, 0.3) is 5.91 Å². The molecule has 23 heavy (non-hydrogen) atoms. The van der Waals surface area contributed by atoms with Gasteiger partial charge < -0.3 is 4.42 Å². The molecule has 2 heterocycles. The van der Waals surface area contributed by atoms with Crippen LogP contribution in [-0.2, 0) is 0 Å². The third-order valence-electron chi connectivity index (χ3n) is 2.94. The van der Waals surface area contributed by atoms with Crippen molar-refractivity contribution in [1.82, 2.24) is 15.6 Å². The molecular weight excluding hydrogens is 339 g/mol. The number of nitrogens with one attached hydrogen (secondary N) is 2. The molecule has 0 fully saturated rings. The Kier molecular flexibility index (Phi) is 4.45. The van der Waals surface area contributed by atoms with Crippen LogP contribution in [0.25, 0.3) is 11.3 Å². The van der Waals surface area contributed by atoms with Crippen LogP contribution in [0, 0.1) is 0 Å². The molecule has 0 saturated carbocycles. The van der Waals surface area contributed by atoms with Crippen molar-refractivity contribution in [2.45, 2.75) is 0 Å². The standard InChI is InChI=1S/C15H10Cl2N4O2/c16-11-4-3-9(6-12(11)17)13-7-14(20-19-13)15(22)21-18-8-10-2-1-5-23-10/h1-8H,(H,19,20)(H,21,22). The lowest BCUT2D eigenvalue weighted by atomic mass is 10.1. The number of furan rings is 1. The largest absolute Gasteiger partial charge is 0.463 e. The zero-order chi connectivity index (χ0) is 16.2. The van der Waals surface area contributed by atoms with E-state index in [-0.39, 0.29) is 5.69 Å². The number of halogens is 2. The number of benzene rings is 1. The van der Waals surface area contributed by atoms with E-state index in [9.17, 15) is 4.79 Å². The van der Waals surface area contributed by atoms with Gasteiger partial charge in [0.2, 0.25) is 0 Å². The SMILES string of the molecule is O=C(NN=Cc1ccco1)c1cc(-c2ccc(Cl)c(Cl)c2)n[nH]1. The smallest absolute Gasteiger partial charge is 0.289 e. The second-order valence-corrected chi connectivity index (χ2v) is 5.32. The lowest BCUT2D eigenvalue weighted by Gasteiger charge is -1.98. The first-order chi connectivity index (χ1) is 11.1. The molecule has 6 nitrogen and oxygen atoms in total. The van der Waals surface area contributed by atoms with Gasteiger partial charge in [-0.15, -0.1) is 0 Å². The van der Waals surface area contributed by atoms with E-state index in [1.165, 1.54) is 12.5 Å². The van der Waals surface area contributed by atoms with E-state index in [4.69, 9.17) is 27.6 Å². The van der Waals surface area contributed by atoms with Crippen LogP contribution in [0.1, 0.15) is 16.2 Å². The number of hydrazone groups is 1. The number of carbonyl (C=O) groups is 1. The Balaban J connectivity index is 1.70. The van der Waals surface area contributed by atoms with Crippen LogP contribution >= 0.6 is 23.2 Å². The Bertz CT molecular complexity index is 856. The average Bonchev–Trinajstić information content (AvgIpc) is 3.21. The minimum atomic E-state index is -0.424. The van der Waals surface area contributed by atoms with E-state index in [1.54, 1.807) is 36.4 Å². The summed E-state index contributed by atoms with van der Waals surface area (Å²) in [5.41, 5.74) is 3.96. The van der Waals surface area contributed by atoms with Gasteiger partial charge in [0, 0.05) is 5.56 Å². The van der Waals surface area contributed by atoms with E-state index >= 15 is 0 Å². The molecule has 0 radical (unpaired) electrons. The minimum Gasteiger partial charge on any atom is -0.463 e. The topological polar surface area (TPSA) is 83.3 Å². The fourth-order valence-electron chi connectivity index (χ4n) is 1.82. The summed E-state index contributed by atoms with van der Waals surface area (Å²) >= 11 is 11.8. The van der Waals surface area contributed by atoms with E-state index in [2.05, 4.69) is 20.7 Å². The molecule has 0 unspecified atom stereocenters. The van der Waals surface area contributed by atoms with E-state index in [1.807, 2.05) is 0 Å². The number of carbonyl (C=O) groups excluding carboxylic acids is 1. The predicted molar refractivity (Wildman–Crippen MR) is 87.8 cm³/mol. The van der Waals surface area contributed by atoms with Gasteiger partial charge in [-0.25, -0.2) is 5.43 Å². The van der Waals surface area contributed by atoms with Gasteiger partial charge in [0.1, 0.15) is 11.5 Å². The summed E-state index contributed by atoms with van der Waals surface area (Å²) in [5.74, 6) is 0.109. The fraction of sp³-hybridized carbons (Fsp3) is 0. The molecule has 8 heteroatoms. The third-order valence-corrected chi connectivity index (χ3v) is 3.68. The maximum absolute atomic E-state index is 12.0. The van der Waals surface area contributed by atoms with Gasteiger partial charge in [-0.05, 0) is 30.3 Å². The van der Waals surface area contributed by atoms with Crippen LogP contribution in [0.15, 0.2) is 52.2 Å². The normalized spacial score (nSPS) is 11.0. The van der Waals surface area contributed by atoms with E-state index in [0.717, 1.165) is 5.56 Å².